The molecule has 0 radical (unpaired) electrons. The summed E-state index contributed by atoms with van der Waals surface area (Å²) in [4.78, 5) is 38.9. The van der Waals surface area contributed by atoms with Crippen LogP contribution in [0, 0.1) is 0 Å². The Morgan fingerprint density at radius 2 is 1.05 bits per heavy atom. The molecule has 2 amide bonds. The van der Waals surface area contributed by atoms with E-state index in [1.165, 1.54) is 38.5 Å². The second kappa shape index (κ2) is 19.3. The van der Waals surface area contributed by atoms with E-state index in [0.29, 0.717) is 17.2 Å². The van der Waals surface area contributed by atoms with Crippen molar-refractivity contribution in [2.75, 3.05) is 60.4 Å². The first-order valence-electron chi connectivity index (χ1n) is 18.0. The smallest absolute Gasteiger partial charge is 0.338 e. The maximum Gasteiger partial charge on any atom is 0.338 e. The molecule has 3 unspecified atom stereocenters. The molecule has 3 N–H and O–H groups in total. The van der Waals surface area contributed by atoms with Gasteiger partial charge in [0.15, 0.2) is 0 Å². The van der Waals surface area contributed by atoms with Crippen LogP contribution in [0.2, 0.25) is 0 Å². The van der Waals surface area contributed by atoms with E-state index in [0.717, 1.165) is 21.6 Å². The van der Waals surface area contributed by atoms with Gasteiger partial charge in [-0.15, -0.1) is 6.58 Å². The molecule has 0 spiro atoms. The fraction of sp³-hybridized carbons (Fsp3) is 0.326. The second-order valence-corrected chi connectivity index (χ2v) is 13.4. The van der Waals surface area contributed by atoms with Crippen molar-refractivity contribution in [3.05, 3.63) is 137 Å². The highest BCUT2D eigenvalue weighted by Crippen LogP contribution is 2.40. The molecule has 0 fully saturated rings. The molecule has 1 heterocycles. The average Bonchev–Trinajstić information content (AvgIpc) is 3.45. The minimum atomic E-state index is -1.16. The van der Waals surface area contributed by atoms with Gasteiger partial charge in [0.05, 0.1) is 29.9 Å². The molecule has 0 bridgehead atoms. The van der Waals surface area contributed by atoms with Crippen LogP contribution < -0.4 is 14.2 Å². The van der Waals surface area contributed by atoms with Crippen molar-refractivity contribution < 1.29 is 58.1 Å². The number of aliphatic hydroxyl groups is 3. The van der Waals surface area contributed by atoms with Crippen molar-refractivity contribution in [1.82, 2.24) is 4.90 Å². The summed E-state index contributed by atoms with van der Waals surface area (Å²) in [6.45, 7) is 5.66. The lowest BCUT2D eigenvalue weighted by molar-refractivity contribution is 0.0130. The molecular formula is C43H47NO12. The molecule has 0 saturated heterocycles. The number of ether oxygens (including phenoxy) is 6. The van der Waals surface area contributed by atoms with E-state index in [4.69, 9.17) is 28.4 Å². The third-order valence-corrected chi connectivity index (χ3v) is 9.27. The number of hydrogen-bond donors (Lipinski definition) is 3. The number of imide groups is 1. The number of nitrogens with zero attached hydrogens (tertiary/aromatic N) is 1. The number of amides is 2. The number of methoxy groups -OCH3 is 2. The van der Waals surface area contributed by atoms with Crippen LogP contribution in [0.15, 0.2) is 104 Å². The number of esters is 1. The molecule has 13 heteroatoms. The Morgan fingerprint density at radius 1 is 0.643 bits per heavy atom. The molecule has 1 aliphatic heterocycles. The maximum absolute atomic E-state index is 12.7. The van der Waals surface area contributed by atoms with E-state index in [1.807, 2.05) is 60.7 Å². The molecule has 1 aliphatic rings. The highest BCUT2D eigenvalue weighted by molar-refractivity contribution is 6.22. The quantitative estimate of drug-likeness (QED) is 0.0479. The van der Waals surface area contributed by atoms with E-state index in [-0.39, 0.29) is 62.9 Å². The van der Waals surface area contributed by atoms with Crippen LogP contribution in [0.4, 0.5) is 0 Å². The number of aliphatic hydroxyl groups excluding tert-OH is 3. The molecule has 0 aliphatic carbocycles. The zero-order chi connectivity index (χ0) is 40.2. The van der Waals surface area contributed by atoms with Gasteiger partial charge in [-0.25, -0.2) is 4.79 Å². The average molecular weight is 770 g/mol. The first-order chi connectivity index (χ1) is 27.0. The molecular weight excluding hydrogens is 722 g/mol. The topological polar surface area (TPSA) is 171 Å². The van der Waals surface area contributed by atoms with Crippen molar-refractivity contribution in [2.24, 2.45) is 0 Å². The summed E-state index contributed by atoms with van der Waals surface area (Å²) in [6, 6.07) is 26.8. The fourth-order valence-electron chi connectivity index (χ4n) is 6.23. The van der Waals surface area contributed by atoms with Gasteiger partial charge in [-0.2, -0.15) is 0 Å². The van der Waals surface area contributed by atoms with Crippen LogP contribution in [0.25, 0.3) is 0 Å². The molecule has 3 atom stereocenters. The predicted octanol–water partition coefficient (Wildman–Crippen LogP) is 4.19. The predicted molar refractivity (Wildman–Crippen MR) is 205 cm³/mol. The Labute approximate surface area is 325 Å². The first-order valence-corrected chi connectivity index (χ1v) is 18.0. The van der Waals surface area contributed by atoms with Crippen LogP contribution in [0.1, 0.15) is 54.7 Å². The van der Waals surface area contributed by atoms with Crippen LogP contribution >= 0.6 is 0 Å². The van der Waals surface area contributed by atoms with E-state index in [9.17, 15) is 29.7 Å². The summed E-state index contributed by atoms with van der Waals surface area (Å²) in [5, 5.41) is 30.6. The van der Waals surface area contributed by atoms with Gasteiger partial charge < -0.3 is 43.7 Å². The van der Waals surface area contributed by atoms with Crippen molar-refractivity contribution in [3.8, 4) is 17.2 Å². The summed E-state index contributed by atoms with van der Waals surface area (Å²) < 4.78 is 32.6. The highest BCUT2D eigenvalue weighted by Gasteiger charge is 2.35. The zero-order valence-corrected chi connectivity index (χ0v) is 31.6. The first kappa shape index (κ1) is 41.6. The van der Waals surface area contributed by atoms with Gasteiger partial charge in [-0.05, 0) is 78.2 Å². The van der Waals surface area contributed by atoms with E-state index < -0.39 is 41.5 Å². The Morgan fingerprint density at radius 3 is 1.46 bits per heavy atom. The second-order valence-electron chi connectivity index (χ2n) is 13.4. The molecule has 4 aromatic carbocycles. The molecule has 4 aromatic rings. The standard InChI is InChI=1S/C43H47NO12/c1-5-20-44-40(48)38-19-6-28(21-39(38)41(44)49)42(50)56-27-34(47)26-55-37-17-11-31(12-18-37)43(2,29-7-13-35(14-8-29)53-24-32(45)22-51-3)30-9-15-36(16-10-30)54-25-33(46)23-52-4/h5-19,21,32-34,45-47H,1,20,22-27H2,2-4H3. The van der Waals surface area contributed by atoms with Crippen molar-refractivity contribution in [3.63, 3.8) is 0 Å². The van der Waals surface area contributed by atoms with Crippen molar-refractivity contribution in [2.45, 2.75) is 30.7 Å². The third kappa shape index (κ3) is 9.99. The SMILES string of the molecule is C=CCN1C(=O)c2ccc(C(=O)OCC(O)COc3ccc(C(C)(c4ccc(OCC(O)COC)cc4)c4ccc(OCC(O)COC)cc4)cc3)cc2C1=O. The van der Waals surface area contributed by atoms with Gasteiger partial charge in [0.1, 0.15) is 62.0 Å². The van der Waals surface area contributed by atoms with Crippen LogP contribution in [-0.4, -0.2) is 117 Å². The normalized spacial score (nSPS) is 15.0. The summed E-state index contributed by atoms with van der Waals surface area (Å²) in [7, 11) is 3.02. The Bertz CT molecular complexity index is 1890. The summed E-state index contributed by atoms with van der Waals surface area (Å²) in [5.41, 5.74) is 2.53. The molecule has 13 nitrogen and oxygen atoms in total. The fourth-order valence-corrected chi connectivity index (χ4v) is 6.23. The minimum absolute atomic E-state index is 0.0559. The monoisotopic (exact) mass is 769 g/mol. The minimum Gasteiger partial charge on any atom is -0.491 e. The number of fused-ring (bicyclic) bond motifs is 1. The Kier molecular flexibility index (Phi) is 14.4. The number of hydrogen-bond acceptors (Lipinski definition) is 12. The van der Waals surface area contributed by atoms with Crippen LogP contribution in [-0.2, 0) is 19.6 Å². The van der Waals surface area contributed by atoms with Gasteiger partial charge in [-0.1, -0.05) is 42.5 Å². The summed E-state index contributed by atoms with van der Waals surface area (Å²) in [5.74, 6) is -0.0778. The molecule has 5 rings (SSSR count). The summed E-state index contributed by atoms with van der Waals surface area (Å²) >= 11 is 0. The Balaban J connectivity index is 1.25. The number of carbonyl (C=O) groups is 3. The highest BCUT2D eigenvalue weighted by atomic mass is 16.5. The van der Waals surface area contributed by atoms with Crippen LogP contribution in [0.5, 0.6) is 17.2 Å². The number of benzene rings is 4. The van der Waals surface area contributed by atoms with Gasteiger partial charge in [0.2, 0.25) is 0 Å². The maximum atomic E-state index is 12.7. The van der Waals surface area contributed by atoms with Gasteiger partial charge in [0, 0.05) is 26.2 Å². The Hall–Kier alpha value is -5.57. The zero-order valence-electron chi connectivity index (χ0n) is 31.6. The van der Waals surface area contributed by atoms with E-state index in [2.05, 4.69) is 13.5 Å². The van der Waals surface area contributed by atoms with E-state index >= 15 is 0 Å². The van der Waals surface area contributed by atoms with Crippen LogP contribution in [0.3, 0.4) is 0 Å². The lowest BCUT2D eigenvalue weighted by Gasteiger charge is -2.32. The number of carbonyl (C=O) groups excluding carboxylic acids is 3. The summed E-state index contributed by atoms with van der Waals surface area (Å²) in [6.07, 6.45) is -1.23. The molecule has 296 valence electrons. The van der Waals surface area contributed by atoms with Gasteiger partial charge >= 0.3 is 5.97 Å². The van der Waals surface area contributed by atoms with Gasteiger partial charge in [-0.3, -0.25) is 14.5 Å². The number of rotatable bonds is 21. The van der Waals surface area contributed by atoms with Crippen molar-refractivity contribution >= 4 is 17.8 Å². The lowest BCUT2D eigenvalue weighted by Crippen LogP contribution is -2.29. The van der Waals surface area contributed by atoms with Crippen molar-refractivity contribution in [1.29, 1.82) is 0 Å². The third-order valence-electron chi connectivity index (χ3n) is 9.27. The lowest BCUT2D eigenvalue weighted by atomic mass is 9.71. The molecule has 0 saturated carbocycles. The molecule has 56 heavy (non-hydrogen) atoms. The largest absolute Gasteiger partial charge is 0.491 e. The van der Waals surface area contributed by atoms with Gasteiger partial charge in [0.25, 0.3) is 11.8 Å². The molecule has 0 aromatic heterocycles. The van der Waals surface area contributed by atoms with E-state index in [1.54, 1.807) is 12.1 Å².